The van der Waals surface area contributed by atoms with Gasteiger partial charge in [-0.2, -0.15) is 0 Å². The highest BCUT2D eigenvalue weighted by atomic mass is 32.1. The third kappa shape index (κ3) is 3.99. The fourth-order valence-corrected chi connectivity index (χ4v) is 3.28. The number of anilines is 1. The summed E-state index contributed by atoms with van der Waals surface area (Å²) in [7, 11) is 6.09. The van der Waals surface area contributed by atoms with E-state index < -0.39 is 0 Å². The Morgan fingerprint density at radius 1 is 1.00 bits per heavy atom. The maximum atomic E-state index is 12.6. The first-order valence-electron chi connectivity index (χ1n) is 8.17. The third-order valence-electron chi connectivity index (χ3n) is 3.85. The number of ether oxygens (including phenoxy) is 4. The topological polar surface area (TPSA) is 91.8 Å². The second kappa shape index (κ2) is 8.57. The van der Waals surface area contributed by atoms with E-state index in [1.54, 1.807) is 36.9 Å². The molecule has 0 spiro atoms. The van der Waals surface area contributed by atoms with E-state index in [1.165, 1.54) is 32.7 Å². The number of hydrogen-bond acceptors (Lipinski definition) is 8. The number of hydrogen-bond donors (Lipinski definition) is 1. The van der Waals surface area contributed by atoms with E-state index in [0.29, 0.717) is 39.5 Å². The summed E-state index contributed by atoms with van der Waals surface area (Å²) in [6, 6.07) is 6.89. The highest BCUT2D eigenvalue weighted by molar-refractivity contribution is 7.13. The van der Waals surface area contributed by atoms with E-state index in [2.05, 4.69) is 15.3 Å². The number of aromatic nitrogens is 2. The molecule has 146 valence electrons. The zero-order valence-corrected chi connectivity index (χ0v) is 16.6. The molecule has 1 N–H and O–H groups in total. The second-order valence-corrected chi connectivity index (χ2v) is 6.35. The summed E-state index contributed by atoms with van der Waals surface area (Å²) in [5.74, 6) is 1.51. The Bertz CT molecular complexity index is 947. The Morgan fingerprint density at radius 3 is 2.25 bits per heavy atom. The molecule has 9 heteroatoms. The minimum Gasteiger partial charge on any atom is -0.493 e. The van der Waals surface area contributed by atoms with Gasteiger partial charge in [0.2, 0.25) is 11.6 Å². The van der Waals surface area contributed by atoms with Gasteiger partial charge in [-0.15, -0.1) is 11.3 Å². The van der Waals surface area contributed by atoms with Crippen LogP contribution in [-0.2, 0) is 0 Å². The molecule has 0 atom stereocenters. The summed E-state index contributed by atoms with van der Waals surface area (Å²) in [6.45, 7) is 0. The number of methoxy groups -OCH3 is 4. The molecule has 1 aromatic carbocycles. The van der Waals surface area contributed by atoms with Crippen molar-refractivity contribution in [1.82, 2.24) is 9.97 Å². The van der Waals surface area contributed by atoms with Gasteiger partial charge in [0.1, 0.15) is 10.7 Å². The van der Waals surface area contributed by atoms with Crippen LogP contribution < -0.4 is 24.3 Å². The van der Waals surface area contributed by atoms with Crippen LogP contribution in [0.5, 0.6) is 23.1 Å². The van der Waals surface area contributed by atoms with Crippen LogP contribution in [0.3, 0.4) is 0 Å². The first kappa shape index (κ1) is 19.4. The number of amides is 1. The van der Waals surface area contributed by atoms with Crippen LogP contribution >= 0.6 is 11.3 Å². The molecule has 0 aliphatic heterocycles. The fraction of sp³-hybridized carbons (Fsp3) is 0.211. The predicted molar refractivity (Wildman–Crippen MR) is 106 cm³/mol. The lowest BCUT2D eigenvalue weighted by Gasteiger charge is -2.14. The van der Waals surface area contributed by atoms with Crippen LogP contribution in [0.2, 0.25) is 0 Å². The van der Waals surface area contributed by atoms with Gasteiger partial charge in [-0.25, -0.2) is 9.97 Å². The lowest BCUT2D eigenvalue weighted by molar-refractivity contribution is 0.102. The van der Waals surface area contributed by atoms with Crippen LogP contribution in [-0.4, -0.2) is 44.3 Å². The molecule has 0 bridgehead atoms. The van der Waals surface area contributed by atoms with E-state index in [4.69, 9.17) is 18.9 Å². The van der Waals surface area contributed by atoms with Gasteiger partial charge >= 0.3 is 0 Å². The van der Waals surface area contributed by atoms with Crippen molar-refractivity contribution < 1.29 is 23.7 Å². The Balaban J connectivity index is 1.81. The molecular weight excluding hydrogens is 382 g/mol. The SMILES string of the molecule is COc1ccc(-c2nc(C(=O)Nc3cc(OC)c(OC)c(OC)c3)cs2)cn1. The third-order valence-corrected chi connectivity index (χ3v) is 4.74. The van der Waals surface area contributed by atoms with Crippen LogP contribution in [0.4, 0.5) is 5.69 Å². The number of nitrogens with one attached hydrogen (secondary N) is 1. The monoisotopic (exact) mass is 401 g/mol. The highest BCUT2D eigenvalue weighted by Gasteiger charge is 2.17. The summed E-state index contributed by atoms with van der Waals surface area (Å²) in [5, 5.41) is 5.17. The fourth-order valence-electron chi connectivity index (χ4n) is 2.49. The predicted octanol–water partition coefficient (Wildman–Crippen LogP) is 3.49. The molecule has 28 heavy (non-hydrogen) atoms. The van der Waals surface area contributed by atoms with Crippen molar-refractivity contribution in [2.45, 2.75) is 0 Å². The number of benzene rings is 1. The summed E-state index contributed by atoms with van der Waals surface area (Å²) < 4.78 is 20.9. The molecule has 0 radical (unpaired) electrons. The van der Waals surface area contributed by atoms with E-state index >= 15 is 0 Å². The molecule has 3 rings (SSSR count). The Labute approximate surface area is 166 Å². The van der Waals surface area contributed by atoms with Crippen molar-refractivity contribution in [2.75, 3.05) is 33.8 Å². The van der Waals surface area contributed by atoms with Gasteiger partial charge in [0.05, 0.1) is 28.4 Å². The molecule has 2 aromatic heterocycles. The molecule has 2 heterocycles. The smallest absolute Gasteiger partial charge is 0.275 e. The van der Waals surface area contributed by atoms with Gasteiger partial charge in [0.25, 0.3) is 5.91 Å². The number of pyridine rings is 1. The molecule has 0 saturated carbocycles. The van der Waals surface area contributed by atoms with Crippen LogP contribution in [0.15, 0.2) is 35.8 Å². The largest absolute Gasteiger partial charge is 0.493 e. The maximum Gasteiger partial charge on any atom is 0.275 e. The van der Waals surface area contributed by atoms with Gasteiger partial charge in [-0.1, -0.05) is 0 Å². The van der Waals surface area contributed by atoms with Crippen molar-refractivity contribution in [3.05, 3.63) is 41.5 Å². The van der Waals surface area contributed by atoms with Crippen molar-refractivity contribution in [1.29, 1.82) is 0 Å². The minimum absolute atomic E-state index is 0.296. The summed E-state index contributed by atoms with van der Waals surface area (Å²) in [6.07, 6.45) is 1.65. The molecule has 1 amide bonds. The van der Waals surface area contributed by atoms with E-state index in [0.717, 1.165) is 5.56 Å². The van der Waals surface area contributed by atoms with E-state index in [9.17, 15) is 4.79 Å². The first-order chi connectivity index (χ1) is 13.6. The zero-order valence-electron chi connectivity index (χ0n) is 15.8. The average Bonchev–Trinajstić information content (AvgIpc) is 3.23. The van der Waals surface area contributed by atoms with E-state index in [-0.39, 0.29) is 5.91 Å². The average molecular weight is 401 g/mol. The van der Waals surface area contributed by atoms with E-state index in [1.807, 2.05) is 6.07 Å². The molecular formula is C19H19N3O5S. The quantitative estimate of drug-likeness (QED) is 0.648. The number of nitrogens with zero attached hydrogens (tertiary/aromatic N) is 2. The van der Waals surface area contributed by atoms with Gasteiger partial charge in [-0.05, 0) is 6.07 Å². The standard InChI is InChI=1S/C19H19N3O5S/c1-24-14-7-12(8-15(25-2)17(14)27-4)21-18(23)13-10-28-19(22-13)11-5-6-16(26-3)20-9-11/h5-10H,1-4H3,(H,21,23). The first-order valence-corrected chi connectivity index (χ1v) is 9.04. The van der Waals surface area contributed by atoms with Crippen molar-refractivity contribution in [3.8, 4) is 33.7 Å². The lowest BCUT2D eigenvalue weighted by atomic mass is 10.2. The number of thiazole rings is 1. The lowest BCUT2D eigenvalue weighted by Crippen LogP contribution is -2.12. The Hall–Kier alpha value is -3.33. The number of rotatable bonds is 7. The molecule has 0 fully saturated rings. The Morgan fingerprint density at radius 2 is 1.71 bits per heavy atom. The van der Waals surface area contributed by atoms with Gasteiger partial charge in [0.15, 0.2) is 11.5 Å². The molecule has 8 nitrogen and oxygen atoms in total. The van der Waals surface area contributed by atoms with Gasteiger partial charge < -0.3 is 24.3 Å². The van der Waals surface area contributed by atoms with Crippen LogP contribution in [0.1, 0.15) is 10.5 Å². The van der Waals surface area contributed by atoms with Crippen LogP contribution in [0, 0.1) is 0 Å². The van der Waals surface area contributed by atoms with Gasteiger partial charge in [-0.3, -0.25) is 4.79 Å². The summed E-state index contributed by atoms with van der Waals surface area (Å²) in [4.78, 5) is 21.1. The van der Waals surface area contributed by atoms with Crippen molar-refractivity contribution in [2.24, 2.45) is 0 Å². The molecule has 0 aliphatic rings. The summed E-state index contributed by atoms with van der Waals surface area (Å²) >= 11 is 1.35. The van der Waals surface area contributed by atoms with Crippen molar-refractivity contribution >= 4 is 22.9 Å². The molecule has 0 unspecified atom stereocenters. The second-order valence-electron chi connectivity index (χ2n) is 5.50. The highest BCUT2D eigenvalue weighted by Crippen LogP contribution is 2.40. The summed E-state index contributed by atoms with van der Waals surface area (Å²) in [5.41, 5.74) is 1.60. The van der Waals surface area contributed by atoms with Gasteiger partial charge in [0, 0.05) is 41.0 Å². The normalized spacial score (nSPS) is 10.3. The van der Waals surface area contributed by atoms with Crippen LogP contribution in [0.25, 0.3) is 10.6 Å². The Kier molecular flexibility index (Phi) is 5.95. The van der Waals surface area contributed by atoms with Crippen molar-refractivity contribution in [3.63, 3.8) is 0 Å². The molecule has 0 aliphatic carbocycles. The minimum atomic E-state index is -0.349. The maximum absolute atomic E-state index is 12.6. The molecule has 0 saturated heterocycles. The number of carbonyl (C=O) groups is 1. The number of carbonyl (C=O) groups excluding carboxylic acids is 1. The molecule has 3 aromatic rings. The zero-order chi connectivity index (χ0) is 20.1.